The van der Waals surface area contributed by atoms with Gasteiger partial charge in [0.2, 0.25) is 11.8 Å². The number of carbonyl (C=O) groups is 2. The minimum atomic E-state index is -0.420. The maximum absolute atomic E-state index is 12.6. The highest BCUT2D eigenvalue weighted by atomic mass is 35.5. The van der Waals surface area contributed by atoms with Crippen LogP contribution in [0.25, 0.3) is 0 Å². The molecule has 0 radical (unpaired) electrons. The molecule has 0 bridgehead atoms. The fourth-order valence-electron chi connectivity index (χ4n) is 3.65. The quantitative estimate of drug-likeness (QED) is 0.480. The van der Waals surface area contributed by atoms with Crippen molar-refractivity contribution in [2.24, 2.45) is 5.92 Å². The molecule has 2 amide bonds. The van der Waals surface area contributed by atoms with Crippen LogP contribution in [0.1, 0.15) is 0 Å². The number of rotatable bonds is 7. The third kappa shape index (κ3) is 4.88. The maximum atomic E-state index is 12.6. The molecule has 0 aromatic heterocycles. The van der Waals surface area contributed by atoms with Crippen LogP contribution in [0.3, 0.4) is 0 Å². The summed E-state index contributed by atoms with van der Waals surface area (Å²) in [4.78, 5) is 25.2. The number of hydrazine groups is 1. The second-order valence-electron chi connectivity index (χ2n) is 7.24. The van der Waals surface area contributed by atoms with Gasteiger partial charge in [0.25, 0.3) is 0 Å². The van der Waals surface area contributed by atoms with Crippen molar-refractivity contribution in [3.05, 3.63) is 47.5 Å². The summed E-state index contributed by atoms with van der Waals surface area (Å²) < 4.78 is 10.5. The number of fused-ring (bicyclic) bond motifs is 1. The molecule has 2 aliphatic rings. The van der Waals surface area contributed by atoms with E-state index < -0.39 is 5.50 Å². The molecule has 9 nitrogen and oxygen atoms in total. The highest BCUT2D eigenvalue weighted by molar-refractivity contribution is 8.00. The van der Waals surface area contributed by atoms with E-state index in [2.05, 4.69) is 21.4 Å². The number of hydrogen-bond donors (Lipinski definition) is 4. The molecular formula is C21H24ClN5O4S. The monoisotopic (exact) mass is 477 g/mol. The molecule has 170 valence electrons. The highest BCUT2D eigenvalue weighted by Crippen LogP contribution is 2.30. The van der Waals surface area contributed by atoms with Crippen molar-refractivity contribution >= 4 is 46.6 Å². The molecule has 2 aliphatic heterocycles. The van der Waals surface area contributed by atoms with Crippen molar-refractivity contribution in [3.63, 3.8) is 0 Å². The van der Waals surface area contributed by atoms with E-state index in [1.54, 1.807) is 37.4 Å². The van der Waals surface area contributed by atoms with Crippen LogP contribution in [0.2, 0.25) is 5.02 Å². The molecule has 0 saturated carbocycles. The summed E-state index contributed by atoms with van der Waals surface area (Å²) in [6.45, 7) is 0.514. The van der Waals surface area contributed by atoms with Gasteiger partial charge in [-0.3, -0.25) is 19.9 Å². The molecule has 32 heavy (non-hydrogen) atoms. The molecule has 3 atom stereocenters. The number of anilines is 2. The van der Waals surface area contributed by atoms with Gasteiger partial charge in [-0.25, -0.2) is 5.43 Å². The van der Waals surface area contributed by atoms with E-state index in [9.17, 15) is 9.59 Å². The predicted octanol–water partition coefficient (Wildman–Crippen LogP) is 2.00. The van der Waals surface area contributed by atoms with Gasteiger partial charge >= 0.3 is 0 Å². The predicted molar refractivity (Wildman–Crippen MR) is 125 cm³/mol. The fourth-order valence-corrected chi connectivity index (χ4v) is 4.60. The van der Waals surface area contributed by atoms with Gasteiger partial charge in [-0.2, -0.15) is 0 Å². The van der Waals surface area contributed by atoms with Gasteiger partial charge < -0.3 is 20.1 Å². The lowest BCUT2D eigenvalue weighted by atomic mass is 10.1. The number of hydrogen-bond acceptors (Lipinski definition) is 8. The largest absolute Gasteiger partial charge is 0.497 e. The van der Waals surface area contributed by atoms with E-state index in [1.165, 1.54) is 18.9 Å². The molecule has 3 unspecified atom stereocenters. The van der Waals surface area contributed by atoms with E-state index >= 15 is 0 Å². The lowest BCUT2D eigenvalue weighted by molar-refractivity contribution is -0.127. The minimum Gasteiger partial charge on any atom is -0.497 e. The summed E-state index contributed by atoms with van der Waals surface area (Å²) in [5, 5.41) is 11.7. The summed E-state index contributed by atoms with van der Waals surface area (Å²) in [5.74, 6) is 0.731. The van der Waals surface area contributed by atoms with E-state index in [1.807, 2.05) is 17.1 Å². The van der Waals surface area contributed by atoms with Crippen molar-refractivity contribution < 1.29 is 19.1 Å². The van der Waals surface area contributed by atoms with Crippen LogP contribution >= 0.6 is 23.4 Å². The second kappa shape index (κ2) is 9.86. The molecule has 2 saturated heterocycles. The Morgan fingerprint density at radius 2 is 2.00 bits per heavy atom. The Balaban J connectivity index is 1.37. The molecular weight excluding hydrogens is 454 g/mol. The fraction of sp³-hybridized carbons (Fsp3) is 0.333. The van der Waals surface area contributed by atoms with Crippen molar-refractivity contribution in [3.8, 4) is 11.5 Å². The molecule has 11 heteroatoms. The average Bonchev–Trinajstić information content (AvgIpc) is 3.23. The second-order valence-corrected chi connectivity index (χ2v) is 8.77. The Kier molecular flexibility index (Phi) is 6.95. The van der Waals surface area contributed by atoms with Gasteiger partial charge in [-0.15, -0.1) is 11.8 Å². The molecule has 2 aromatic carbocycles. The molecule has 2 fully saturated rings. The zero-order valence-electron chi connectivity index (χ0n) is 17.6. The number of benzene rings is 2. The first kappa shape index (κ1) is 22.5. The van der Waals surface area contributed by atoms with E-state index in [4.69, 9.17) is 21.1 Å². The van der Waals surface area contributed by atoms with Crippen molar-refractivity contribution in [1.82, 2.24) is 16.1 Å². The van der Waals surface area contributed by atoms with Crippen LogP contribution in [0.5, 0.6) is 11.5 Å². The van der Waals surface area contributed by atoms with Crippen molar-refractivity contribution in [1.29, 1.82) is 0 Å². The number of amides is 2. The van der Waals surface area contributed by atoms with Crippen molar-refractivity contribution in [2.75, 3.05) is 36.8 Å². The highest BCUT2D eigenvalue weighted by Gasteiger charge is 2.44. The standard InChI is InChI=1S/C21H24ClN5O4S/c1-30-14-7-8-17(31-2)16(9-14)24-18(28)11-32-21-25-19-15(20(29)26-21)10-23-27(19)13-5-3-12(22)4-6-13/h3-9,15,19,21,23,25H,10-11H2,1-2H3,(H,24,28)(H,26,29). The summed E-state index contributed by atoms with van der Waals surface area (Å²) in [6, 6.07) is 12.6. The zero-order valence-corrected chi connectivity index (χ0v) is 19.1. The number of halogens is 1. The van der Waals surface area contributed by atoms with Gasteiger partial charge in [0.1, 0.15) is 23.2 Å². The number of methoxy groups -OCH3 is 2. The Hall–Kier alpha value is -2.66. The molecule has 4 rings (SSSR count). The molecule has 0 spiro atoms. The first-order valence-corrected chi connectivity index (χ1v) is 11.4. The number of carbonyl (C=O) groups excluding carboxylic acids is 2. The first-order valence-electron chi connectivity index (χ1n) is 9.96. The molecule has 4 N–H and O–H groups in total. The SMILES string of the molecule is COc1ccc(OC)c(NC(=O)CSC2NC(=O)C3CNN(c4ccc(Cl)cc4)C3N2)c1. The van der Waals surface area contributed by atoms with Gasteiger partial charge in [-0.1, -0.05) is 11.6 Å². The van der Waals surface area contributed by atoms with E-state index in [0.29, 0.717) is 28.8 Å². The van der Waals surface area contributed by atoms with Crippen LogP contribution < -0.4 is 35.9 Å². The third-order valence-electron chi connectivity index (χ3n) is 5.24. The summed E-state index contributed by atoms with van der Waals surface area (Å²) in [6.07, 6.45) is -0.246. The van der Waals surface area contributed by atoms with Crippen LogP contribution in [-0.2, 0) is 9.59 Å². The minimum absolute atomic E-state index is 0.0647. The maximum Gasteiger partial charge on any atom is 0.234 e. The van der Waals surface area contributed by atoms with Gasteiger partial charge in [0.05, 0.1) is 37.3 Å². The number of thioether (sulfide) groups is 1. The van der Waals surface area contributed by atoms with Crippen LogP contribution in [0.15, 0.2) is 42.5 Å². The van der Waals surface area contributed by atoms with Gasteiger partial charge in [-0.05, 0) is 36.4 Å². The smallest absolute Gasteiger partial charge is 0.234 e. The number of ether oxygens (including phenoxy) is 2. The number of nitrogens with zero attached hydrogens (tertiary/aromatic N) is 1. The lowest BCUT2D eigenvalue weighted by Crippen LogP contribution is -2.63. The van der Waals surface area contributed by atoms with Crippen LogP contribution in [-0.4, -0.2) is 50.0 Å². The molecule has 2 aromatic rings. The van der Waals surface area contributed by atoms with Crippen LogP contribution in [0.4, 0.5) is 11.4 Å². The number of nitrogens with one attached hydrogen (secondary N) is 4. The average molecular weight is 478 g/mol. The summed E-state index contributed by atoms with van der Waals surface area (Å²) >= 11 is 7.29. The van der Waals surface area contributed by atoms with Crippen LogP contribution in [0, 0.1) is 5.92 Å². The Morgan fingerprint density at radius 1 is 1.22 bits per heavy atom. The Morgan fingerprint density at radius 3 is 2.72 bits per heavy atom. The van der Waals surface area contributed by atoms with E-state index in [0.717, 1.165) is 5.69 Å². The van der Waals surface area contributed by atoms with E-state index in [-0.39, 0.29) is 29.7 Å². The van der Waals surface area contributed by atoms with Gasteiger partial charge in [0, 0.05) is 17.6 Å². The Bertz CT molecular complexity index is 993. The molecule has 2 heterocycles. The van der Waals surface area contributed by atoms with Gasteiger partial charge in [0.15, 0.2) is 0 Å². The van der Waals surface area contributed by atoms with Crippen molar-refractivity contribution in [2.45, 2.75) is 11.7 Å². The third-order valence-corrected chi connectivity index (χ3v) is 6.51. The summed E-state index contributed by atoms with van der Waals surface area (Å²) in [7, 11) is 3.09. The molecule has 0 aliphatic carbocycles. The topological polar surface area (TPSA) is 104 Å². The normalized spacial score (nSPS) is 22.2. The first-order chi connectivity index (χ1) is 15.5. The summed E-state index contributed by atoms with van der Waals surface area (Å²) in [5.41, 5.74) is 4.26. The lowest BCUT2D eigenvalue weighted by Gasteiger charge is -2.37. The zero-order chi connectivity index (χ0) is 22.7. The Labute approximate surface area is 195 Å².